The van der Waals surface area contributed by atoms with Crippen molar-refractivity contribution in [2.45, 2.75) is 44.4 Å². The van der Waals surface area contributed by atoms with Crippen molar-refractivity contribution >= 4 is 33.4 Å². The van der Waals surface area contributed by atoms with E-state index in [4.69, 9.17) is 4.98 Å². The summed E-state index contributed by atoms with van der Waals surface area (Å²) in [5.74, 6) is 0.673. The lowest BCUT2D eigenvalue weighted by Crippen LogP contribution is -3.14. The molecule has 0 bridgehead atoms. The van der Waals surface area contributed by atoms with E-state index in [1.54, 1.807) is 4.90 Å². The predicted octanol–water partition coefficient (Wildman–Crippen LogP) is 2.19. The Hall–Kier alpha value is -1.79. The molecular formula is C21H26N3O2S+. The van der Waals surface area contributed by atoms with Gasteiger partial charge in [0.05, 0.1) is 40.1 Å². The molecule has 3 fully saturated rings. The predicted molar refractivity (Wildman–Crippen MR) is 104 cm³/mol. The second-order valence-corrected chi connectivity index (χ2v) is 9.37. The highest BCUT2D eigenvalue weighted by atomic mass is 32.1. The minimum absolute atomic E-state index is 0.0223. The molecule has 2 saturated heterocycles. The van der Waals surface area contributed by atoms with Gasteiger partial charge < -0.3 is 4.90 Å². The number of benzene rings is 1. The smallest absolute Gasteiger partial charge is 0.237 e. The second-order valence-electron chi connectivity index (χ2n) is 8.30. The molecule has 1 N–H and O–H groups in total. The zero-order valence-electron chi connectivity index (χ0n) is 15.5. The van der Waals surface area contributed by atoms with Gasteiger partial charge in [-0.1, -0.05) is 25.0 Å². The summed E-state index contributed by atoms with van der Waals surface area (Å²) in [6.45, 7) is 2.58. The van der Waals surface area contributed by atoms with E-state index < -0.39 is 0 Å². The van der Waals surface area contributed by atoms with Crippen molar-refractivity contribution in [3.05, 3.63) is 29.3 Å². The van der Waals surface area contributed by atoms with Gasteiger partial charge in [0.25, 0.3) is 0 Å². The summed E-state index contributed by atoms with van der Waals surface area (Å²) in [6, 6.07) is 8.33. The molecule has 27 heavy (non-hydrogen) atoms. The number of hydrogen-bond acceptors (Lipinski definition) is 4. The number of carbonyl (C=O) groups is 2. The maximum Gasteiger partial charge on any atom is 0.237 e. The first-order valence-electron chi connectivity index (χ1n) is 10.2. The quantitative estimate of drug-likeness (QED) is 0.826. The number of carbonyl (C=O) groups excluding carboxylic acids is 2. The number of rotatable bonds is 3. The number of amides is 2. The summed E-state index contributed by atoms with van der Waals surface area (Å²) in [7, 11) is 0. The van der Waals surface area contributed by atoms with Gasteiger partial charge >= 0.3 is 0 Å². The monoisotopic (exact) mass is 384 g/mol. The van der Waals surface area contributed by atoms with Gasteiger partial charge in [-0.3, -0.25) is 9.59 Å². The summed E-state index contributed by atoms with van der Waals surface area (Å²) in [5.41, 5.74) is 1.10. The lowest BCUT2D eigenvalue weighted by Gasteiger charge is -2.30. The number of hydrogen-bond donors (Lipinski definition) is 1. The van der Waals surface area contributed by atoms with Crippen LogP contribution in [0.5, 0.6) is 0 Å². The van der Waals surface area contributed by atoms with Crippen LogP contribution in [-0.2, 0) is 9.59 Å². The van der Waals surface area contributed by atoms with Crippen LogP contribution in [-0.4, -0.2) is 41.5 Å². The Kier molecular flexibility index (Phi) is 4.48. The Morgan fingerprint density at radius 2 is 1.67 bits per heavy atom. The molecule has 3 aliphatic rings. The first kappa shape index (κ1) is 17.3. The first-order chi connectivity index (χ1) is 13.2. The maximum absolute atomic E-state index is 12.7. The molecule has 2 aromatic rings. The molecule has 3 heterocycles. The number of thiazole rings is 1. The third-order valence-electron chi connectivity index (χ3n) is 6.67. The average molecular weight is 385 g/mol. The van der Waals surface area contributed by atoms with Gasteiger partial charge in [0.15, 0.2) is 6.67 Å². The van der Waals surface area contributed by atoms with Crippen LogP contribution in [0.4, 0.5) is 0 Å². The summed E-state index contributed by atoms with van der Waals surface area (Å²) in [6.07, 6.45) is 6.15. The second kappa shape index (κ2) is 6.99. The van der Waals surface area contributed by atoms with Crippen molar-refractivity contribution in [1.29, 1.82) is 0 Å². The van der Waals surface area contributed by atoms with Crippen LogP contribution in [0.1, 0.15) is 49.5 Å². The number of piperidine rings is 1. The highest BCUT2D eigenvalue weighted by molar-refractivity contribution is 7.18. The number of nitrogens with one attached hydrogen (secondary N) is 1. The van der Waals surface area contributed by atoms with Gasteiger partial charge in [0, 0.05) is 18.8 Å². The van der Waals surface area contributed by atoms with Crippen molar-refractivity contribution in [3.8, 4) is 0 Å². The van der Waals surface area contributed by atoms with Crippen LogP contribution < -0.4 is 4.90 Å². The molecule has 0 radical (unpaired) electrons. The fourth-order valence-electron chi connectivity index (χ4n) is 5.11. The first-order valence-corrected chi connectivity index (χ1v) is 11.1. The van der Waals surface area contributed by atoms with Crippen LogP contribution in [0.25, 0.3) is 10.2 Å². The number of quaternary nitrogens is 1. The normalized spacial score (nSPS) is 31.5. The third-order valence-corrected chi connectivity index (χ3v) is 7.87. The zero-order chi connectivity index (χ0) is 18.4. The van der Waals surface area contributed by atoms with E-state index in [1.807, 2.05) is 17.4 Å². The molecular weight excluding hydrogens is 358 g/mol. The standard InChI is InChI=1S/C21H25N3O2S/c25-20-15-5-1-2-6-16(15)21(26)24(20)13-23-11-9-14(10-12-23)19-22-17-7-3-4-8-18(17)27-19/h3-4,7-8,14-16H,1-2,5-6,9-13H2/p+1/t15-,16-/m0/s1. The molecule has 2 amide bonds. The van der Waals surface area contributed by atoms with Crippen LogP contribution in [0.2, 0.25) is 0 Å². The van der Waals surface area contributed by atoms with Crippen molar-refractivity contribution < 1.29 is 14.5 Å². The molecule has 1 aromatic heterocycles. The largest absolute Gasteiger partial charge is 0.317 e. The Morgan fingerprint density at radius 3 is 2.33 bits per heavy atom. The third kappa shape index (κ3) is 3.09. The number of aromatic nitrogens is 1. The molecule has 2 aliphatic heterocycles. The molecule has 2 atom stereocenters. The number of imide groups is 1. The molecule has 5 rings (SSSR count). The van der Waals surface area contributed by atoms with E-state index >= 15 is 0 Å². The van der Waals surface area contributed by atoms with Gasteiger partial charge in [-0.25, -0.2) is 9.88 Å². The molecule has 0 spiro atoms. The lowest BCUT2D eigenvalue weighted by molar-refractivity contribution is -0.912. The minimum atomic E-state index is -0.0223. The van der Waals surface area contributed by atoms with Crippen LogP contribution in [0.3, 0.4) is 0 Å². The van der Waals surface area contributed by atoms with Crippen molar-refractivity contribution in [1.82, 2.24) is 9.88 Å². The van der Waals surface area contributed by atoms with E-state index in [-0.39, 0.29) is 23.7 Å². The van der Waals surface area contributed by atoms with Gasteiger partial charge in [-0.2, -0.15) is 0 Å². The Morgan fingerprint density at radius 1 is 1.00 bits per heavy atom. The van der Waals surface area contributed by atoms with Gasteiger partial charge in [0.2, 0.25) is 11.8 Å². The topological polar surface area (TPSA) is 54.7 Å². The van der Waals surface area contributed by atoms with E-state index in [0.717, 1.165) is 57.1 Å². The van der Waals surface area contributed by atoms with Crippen molar-refractivity contribution in [3.63, 3.8) is 0 Å². The maximum atomic E-state index is 12.7. The van der Waals surface area contributed by atoms with Crippen LogP contribution in [0, 0.1) is 11.8 Å². The van der Waals surface area contributed by atoms with E-state index in [1.165, 1.54) is 14.6 Å². The number of likely N-dealkylation sites (tertiary alicyclic amines) is 2. The summed E-state index contributed by atoms with van der Waals surface area (Å²) in [5, 5.41) is 1.24. The lowest BCUT2D eigenvalue weighted by atomic mass is 9.81. The van der Waals surface area contributed by atoms with Gasteiger partial charge in [0.1, 0.15) is 0 Å². The Balaban J connectivity index is 1.22. The fourth-order valence-corrected chi connectivity index (χ4v) is 6.24. The summed E-state index contributed by atoms with van der Waals surface area (Å²) >= 11 is 1.81. The van der Waals surface area contributed by atoms with Gasteiger partial charge in [-0.15, -0.1) is 11.3 Å². The highest BCUT2D eigenvalue weighted by Crippen LogP contribution is 2.37. The zero-order valence-corrected chi connectivity index (χ0v) is 16.3. The number of fused-ring (bicyclic) bond motifs is 2. The summed E-state index contributed by atoms with van der Waals surface area (Å²) < 4.78 is 1.26. The SMILES string of the molecule is O=C1[C@H]2CCCC[C@@H]2C(=O)N1C[NH+]1CCC(c2nc3ccccc3s2)CC1. The van der Waals surface area contributed by atoms with E-state index in [0.29, 0.717) is 12.6 Å². The van der Waals surface area contributed by atoms with E-state index in [2.05, 4.69) is 18.2 Å². The molecule has 0 unspecified atom stereocenters. The minimum Gasteiger partial charge on any atom is -0.317 e. The molecule has 1 saturated carbocycles. The molecule has 1 aliphatic carbocycles. The highest BCUT2D eigenvalue weighted by Gasteiger charge is 2.49. The van der Waals surface area contributed by atoms with Gasteiger partial charge in [-0.05, 0) is 25.0 Å². The van der Waals surface area contributed by atoms with Crippen molar-refractivity contribution in [2.24, 2.45) is 11.8 Å². The van der Waals surface area contributed by atoms with Crippen LogP contribution >= 0.6 is 11.3 Å². The number of nitrogens with zero attached hydrogens (tertiary/aromatic N) is 2. The van der Waals surface area contributed by atoms with Crippen molar-refractivity contribution in [2.75, 3.05) is 19.8 Å². The van der Waals surface area contributed by atoms with E-state index in [9.17, 15) is 9.59 Å². The summed E-state index contributed by atoms with van der Waals surface area (Å²) in [4.78, 5) is 33.2. The Labute approximate surface area is 163 Å². The fraction of sp³-hybridized carbons (Fsp3) is 0.571. The molecule has 5 nitrogen and oxygen atoms in total. The molecule has 6 heteroatoms. The molecule has 1 aromatic carbocycles. The Bertz CT molecular complexity index is 814. The molecule has 142 valence electrons. The van der Waals surface area contributed by atoms with Crippen LogP contribution in [0.15, 0.2) is 24.3 Å². The number of para-hydroxylation sites is 1. The average Bonchev–Trinajstić information content (AvgIpc) is 3.24.